The third-order valence-electron chi connectivity index (χ3n) is 8.06. The number of carbonyl (C=O) groups is 1. The number of amides is 1. The highest BCUT2D eigenvalue weighted by Crippen LogP contribution is 2.41. The van der Waals surface area contributed by atoms with E-state index in [0.29, 0.717) is 18.2 Å². The summed E-state index contributed by atoms with van der Waals surface area (Å²) in [6.07, 6.45) is 6.17. The van der Waals surface area contributed by atoms with Gasteiger partial charge in [0, 0.05) is 42.9 Å². The number of aliphatic hydroxyl groups is 1. The summed E-state index contributed by atoms with van der Waals surface area (Å²) in [5.41, 5.74) is 3.18. The molecule has 3 aliphatic rings. The van der Waals surface area contributed by atoms with Crippen LogP contribution < -0.4 is 10.2 Å². The number of benzene rings is 1. The Kier molecular flexibility index (Phi) is 4.75. The highest BCUT2D eigenvalue weighted by Gasteiger charge is 2.48. The van der Waals surface area contributed by atoms with E-state index < -0.39 is 5.60 Å². The van der Waals surface area contributed by atoms with Crippen molar-refractivity contribution in [2.45, 2.75) is 64.4 Å². The maximum Gasteiger partial charge on any atom is 0.220 e. The van der Waals surface area contributed by atoms with Crippen LogP contribution in [0.4, 0.5) is 5.82 Å². The maximum absolute atomic E-state index is 11.7. The average molecular weight is 461 g/mol. The van der Waals surface area contributed by atoms with Gasteiger partial charge in [0.15, 0.2) is 5.82 Å². The molecule has 8 nitrogen and oxygen atoms in total. The molecule has 2 aromatic heterocycles. The van der Waals surface area contributed by atoms with Crippen LogP contribution in [0.5, 0.6) is 0 Å². The van der Waals surface area contributed by atoms with Crippen LogP contribution in [0.1, 0.15) is 61.9 Å². The molecule has 4 heterocycles. The Balaban J connectivity index is 1.32. The van der Waals surface area contributed by atoms with E-state index in [2.05, 4.69) is 34.3 Å². The number of aromatic nitrogens is 4. The molecule has 1 spiro atoms. The van der Waals surface area contributed by atoms with E-state index in [4.69, 9.17) is 10.1 Å². The van der Waals surface area contributed by atoms with Gasteiger partial charge < -0.3 is 15.3 Å². The van der Waals surface area contributed by atoms with Crippen LogP contribution in [0.3, 0.4) is 0 Å². The summed E-state index contributed by atoms with van der Waals surface area (Å²) >= 11 is 0. The molecular weight excluding hydrogens is 428 g/mol. The van der Waals surface area contributed by atoms with Crippen LogP contribution in [0, 0.1) is 19.3 Å². The number of hydrogen-bond acceptors (Lipinski definition) is 6. The molecule has 2 N–H and O–H groups in total. The van der Waals surface area contributed by atoms with Crippen LogP contribution in [-0.4, -0.2) is 56.0 Å². The maximum atomic E-state index is 11.7. The molecule has 1 saturated carbocycles. The minimum atomic E-state index is -0.539. The first kappa shape index (κ1) is 21.5. The number of rotatable bonds is 3. The molecule has 1 aliphatic carbocycles. The van der Waals surface area contributed by atoms with Crippen molar-refractivity contribution in [3.8, 4) is 5.82 Å². The lowest BCUT2D eigenvalue weighted by molar-refractivity contribution is -0.119. The first-order valence-electron chi connectivity index (χ1n) is 12.3. The van der Waals surface area contributed by atoms with Gasteiger partial charge in [-0.2, -0.15) is 5.10 Å². The van der Waals surface area contributed by atoms with E-state index >= 15 is 0 Å². The molecular formula is C26H32N6O2. The standard InChI is InChI=1S/C26H32N6O2/c1-16-8-19-12-28-32(21(19)9-20(16)18-4-6-25(3,34)7-5-18)23-10-22(29-17(2)30-23)31-14-26(15-31)11-24(33)27-13-26/h8-10,12,18,34H,4-7,11,13-15H2,1-3H3,(H,27,33). The van der Waals surface area contributed by atoms with Crippen molar-refractivity contribution in [1.82, 2.24) is 25.1 Å². The number of hydrogen-bond donors (Lipinski definition) is 2. The lowest BCUT2D eigenvalue weighted by Gasteiger charge is -2.47. The van der Waals surface area contributed by atoms with Crippen molar-refractivity contribution in [1.29, 1.82) is 0 Å². The second-order valence-corrected chi connectivity index (χ2v) is 11.0. The zero-order valence-electron chi connectivity index (χ0n) is 20.1. The van der Waals surface area contributed by atoms with Gasteiger partial charge in [-0.3, -0.25) is 4.79 Å². The van der Waals surface area contributed by atoms with E-state index in [1.165, 1.54) is 11.1 Å². The quantitative estimate of drug-likeness (QED) is 0.623. The van der Waals surface area contributed by atoms with Crippen molar-refractivity contribution >= 4 is 22.6 Å². The van der Waals surface area contributed by atoms with Crippen LogP contribution in [0.2, 0.25) is 0 Å². The van der Waals surface area contributed by atoms with Gasteiger partial charge in [0.2, 0.25) is 5.91 Å². The molecule has 1 amide bonds. The topological polar surface area (TPSA) is 96.2 Å². The van der Waals surface area contributed by atoms with Crippen LogP contribution in [-0.2, 0) is 4.79 Å². The van der Waals surface area contributed by atoms with Gasteiger partial charge in [-0.1, -0.05) is 0 Å². The molecule has 8 heteroatoms. The predicted molar refractivity (Wildman–Crippen MR) is 130 cm³/mol. The first-order chi connectivity index (χ1) is 16.2. The second-order valence-electron chi connectivity index (χ2n) is 11.0. The minimum absolute atomic E-state index is 0.0472. The van der Waals surface area contributed by atoms with E-state index in [1.54, 1.807) is 0 Å². The summed E-state index contributed by atoms with van der Waals surface area (Å²) in [7, 11) is 0. The highest BCUT2D eigenvalue weighted by atomic mass is 16.3. The van der Waals surface area contributed by atoms with Crippen LogP contribution in [0.15, 0.2) is 24.4 Å². The number of aryl methyl sites for hydroxylation is 2. The van der Waals surface area contributed by atoms with Crippen LogP contribution in [0.25, 0.3) is 16.7 Å². The van der Waals surface area contributed by atoms with Crippen molar-refractivity contribution in [3.05, 3.63) is 41.3 Å². The lowest BCUT2D eigenvalue weighted by atomic mass is 9.76. The van der Waals surface area contributed by atoms with Crippen molar-refractivity contribution in [3.63, 3.8) is 0 Å². The first-order valence-corrected chi connectivity index (χ1v) is 12.3. The lowest BCUT2D eigenvalue weighted by Crippen LogP contribution is -2.57. The van der Waals surface area contributed by atoms with E-state index in [0.717, 1.165) is 67.9 Å². The van der Waals surface area contributed by atoms with Gasteiger partial charge in [0.1, 0.15) is 11.6 Å². The van der Waals surface area contributed by atoms with Gasteiger partial charge in [-0.05, 0) is 75.6 Å². The van der Waals surface area contributed by atoms with Gasteiger partial charge in [-0.15, -0.1) is 0 Å². The van der Waals surface area contributed by atoms with Crippen molar-refractivity contribution in [2.24, 2.45) is 5.41 Å². The molecule has 0 atom stereocenters. The Morgan fingerprint density at radius 2 is 1.82 bits per heavy atom. The molecule has 3 aromatic rings. The molecule has 6 rings (SSSR count). The molecule has 0 bridgehead atoms. The van der Waals surface area contributed by atoms with Gasteiger partial charge in [-0.25, -0.2) is 14.6 Å². The zero-order chi connectivity index (χ0) is 23.7. The molecule has 2 saturated heterocycles. The smallest absolute Gasteiger partial charge is 0.220 e. The Labute approximate surface area is 199 Å². The van der Waals surface area contributed by atoms with E-state index in [-0.39, 0.29) is 11.3 Å². The van der Waals surface area contributed by atoms with Gasteiger partial charge >= 0.3 is 0 Å². The van der Waals surface area contributed by atoms with E-state index in [1.807, 2.05) is 30.8 Å². The summed E-state index contributed by atoms with van der Waals surface area (Å²) in [6, 6.07) is 6.50. The third kappa shape index (κ3) is 3.64. The SMILES string of the molecule is Cc1nc(N2CC3(CNC(=O)C3)C2)cc(-n2ncc3cc(C)c(C4CCC(C)(O)CC4)cc32)n1. The molecule has 3 fully saturated rings. The fourth-order valence-electron chi connectivity index (χ4n) is 6.08. The zero-order valence-corrected chi connectivity index (χ0v) is 20.1. The van der Waals surface area contributed by atoms with Crippen LogP contribution >= 0.6 is 0 Å². The van der Waals surface area contributed by atoms with E-state index in [9.17, 15) is 9.90 Å². The Bertz CT molecular complexity index is 1280. The predicted octanol–water partition coefficient (Wildman–Crippen LogP) is 3.17. The summed E-state index contributed by atoms with van der Waals surface area (Å²) in [5.74, 6) is 2.96. The number of carbonyl (C=O) groups excluding carboxylic acids is 1. The molecule has 2 aliphatic heterocycles. The monoisotopic (exact) mass is 460 g/mol. The fourth-order valence-corrected chi connectivity index (χ4v) is 6.08. The molecule has 34 heavy (non-hydrogen) atoms. The largest absolute Gasteiger partial charge is 0.390 e. The number of nitrogens with one attached hydrogen (secondary N) is 1. The Hall–Kier alpha value is -3.00. The fraction of sp³-hybridized carbons (Fsp3) is 0.538. The Morgan fingerprint density at radius 1 is 1.09 bits per heavy atom. The summed E-state index contributed by atoms with van der Waals surface area (Å²) in [6.45, 7) is 8.45. The van der Waals surface area contributed by atoms with Crippen molar-refractivity contribution < 1.29 is 9.90 Å². The number of anilines is 1. The Morgan fingerprint density at radius 3 is 2.53 bits per heavy atom. The minimum Gasteiger partial charge on any atom is -0.390 e. The summed E-state index contributed by atoms with van der Waals surface area (Å²) in [5, 5.41) is 19.1. The molecule has 178 valence electrons. The molecule has 0 unspecified atom stereocenters. The highest BCUT2D eigenvalue weighted by molar-refractivity contribution is 5.82. The third-order valence-corrected chi connectivity index (χ3v) is 8.06. The second kappa shape index (κ2) is 7.50. The molecule has 1 aromatic carbocycles. The average Bonchev–Trinajstić information content (AvgIpc) is 3.35. The van der Waals surface area contributed by atoms with Crippen molar-refractivity contribution in [2.75, 3.05) is 24.5 Å². The summed E-state index contributed by atoms with van der Waals surface area (Å²) in [4.78, 5) is 23.3. The number of fused-ring (bicyclic) bond motifs is 1. The van der Waals surface area contributed by atoms with Gasteiger partial charge in [0.05, 0.1) is 17.3 Å². The van der Waals surface area contributed by atoms with Gasteiger partial charge in [0.25, 0.3) is 0 Å². The normalized spacial score (nSPS) is 26.2. The molecule has 0 radical (unpaired) electrons. The summed E-state index contributed by atoms with van der Waals surface area (Å²) < 4.78 is 1.92. The number of nitrogens with zero attached hydrogens (tertiary/aromatic N) is 5.